The minimum atomic E-state index is -3.11. The number of nitrogens with two attached hydrogens (primary N) is 1. The minimum Gasteiger partial charge on any atom is -0.323 e. The number of nitrogens with one attached hydrogen (secondary N) is 1. The van der Waals surface area contributed by atoms with Gasteiger partial charge in [-0.15, -0.1) is 0 Å². The van der Waals surface area contributed by atoms with Gasteiger partial charge in [0.1, 0.15) is 9.84 Å². The van der Waals surface area contributed by atoms with Gasteiger partial charge in [-0.3, -0.25) is 9.78 Å². The lowest BCUT2D eigenvalue weighted by atomic mass is 10.2. The Morgan fingerprint density at radius 1 is 1.42 bits per heavy atom. The third kappa shape index (κ3) is 5.35. The van der Waals surface area contributed by atoms with Crippen molar-refractivity contribution in [2.24, 2.45) is 5.73 Å². The quantitative estimate of drug-likeness (QED) is 0.815. The maximum absolute atomic E-state index is 11.8. The highest BCUT2D eigenvalue weighted by atomic mass is 32.2. The SMILES string of the molecule is Cc1ccc(NC(=O)C(N)CCS(C)(=O)=O)c(C)n1. The molecule has 1 aromatic heterocycles. The van der Waals surface area contributed by atoms with Crippen LogP contribution in [-0.4, -0.2) is 37.4 Å². The Labute approximate surface area is 113 Å². The molecule has 1 amide bonds. The number of hydrogen-bond acceptors (Lipinski definition) is 5. The van der Waals surface area contributed by atoms with Crippen LogP contribution in [0, 0.1) is 13.8 Å². The number of nitrogens with zero attached hydrogens (tertiary/aromatic N) is 1. The van der Waals surface area contributed by atoms with Crippen LogP contribution < -0.4 is 11.1 Å². The van der Waals surface area contributed by atoms with Gasteiger partial charge in [0.2, 0.25) is 5.91 Å². The van der Waals surface area contributed by atoms with E-state index >= 15 is 0 Å². The molecule has 1 atom stereocenters. The monoisotopic (exact) mass is 285 g/mol. The van der Waals surface area contributed by atoms with Crippen molar-refractivity contribution < 1.29 is 13.2 Å². The van der Waals surface area contributed by atoms with Gasteiger partial charge in [0.15, 0.2) is 0 Å². The highest BCUT2D eigenvalue weighted by Crippen LogP contribution is 2.13. The molecule has 0 bridgehead atoms. The fourth-order valence-corrected chi connectivity index (χ4v) is 2.20. The Bertz CT molecular complexity index is 570. The second-order valence-electron chi connectivity index (χ2n) is 4.60. The van der Waals surface area contributed by atoms with Crippen LogP contribution in [0.1, 0.15) is 17.8 Å². The van der Waals surface area contributed by atoms with E-state index < -0.39 is 21.8 Å². The number of aromatic nitrogens is 1. The molecule has 1 heterocycles. The first kappa shape index (κ1) is 15.6. The summed E-state index contributed by atoms with van der Waals surface area (Å²) in [5.41, 5.74) is 7.80. The number of anilines is 1. The van der Waals surface area contributed by atoms with Crippen LogP contribution in [0.15, 0.2) is 12.1 Å². The van der Waals surface area contributed by atoms with Crippen LogP contribution in [0.4, 0.5) is 5.69 Å². The normalized spacial score (nSPS) is 13.1. The van der Waals surface area contributed by atoms with Crippen LogP contribution >= 0.6 is 0 Å². The number of rotatable bonds is 5. The molecule has 0 spiro atoms. The molecular weight excluding hydrogens is 266 g/mol. The van der Waals surface area contributed by atoms with E-state index in [1.54, 1.807) is 19.1 Å². The average Bonchev–Trinajstić information content (AvgIpc) is 2.28. The predicted molar refractivity (Wildman–Crippen MR) is 74.6 cm³/mol. The van der Waals surface area contributed by atoms with Crippen LogP contribution in [0.5, 0.6) is 0 Å². The first-order valence-electron chi connectivity index (χ1n) is 5.87. The molecule has 0 fully saturated rings. The topological polar surface area (TPSA) is 102 Å². The van der Waals surface area contributed by atoms with Gasteiger partial charge in [0.05, 0.1) is 23.2 Å². The van der Waals surface area contributed by atoms with E-state index in [9.17, 15) is 13.2 Å². The third-order valence-corrected chi connectivity index (χ3v) is 3.60. The highest BCUT2D eigenvalue weighted by Gasteiger charge is 2.16. The summed E-state index contributed by atoms with van der Waals surface area (Å²) in [5.74, 6) is -0.510. The van der Waals surface area contributed by atoms with Crippen molar-refractivity contribution in [1.29, 1.82) is 0 Å². The van der Waals surface area contributed by atoms with Crippen LogP contribution in [-0.2, 0) is 14.6 Å². The Morgan fingerprint density at radius 3 is 2.58 bits per heavy atom. The van der Waals surface area contributed by atoms with E-state index in [4.69, 9.17) is 5.73 Å². The van der Waals surface area contributed by atoms with Gasteiger partial charge in [0, 0.05) is 11.9 Å². The minimum absolute atomic E-state index is 0.100. The van der Waals surface area contributed by atoms with E-state index in [-0.39, 0.29) is 12.2 Å². The van der Waals surface area contributed by atoms with Crippen molar-refractivity contribution in [3.63, 3.8) is 0 Å². The molecule has 1 aromatic rings. The summed E-state index contributed by atoms with van der Waals surface area (Å²) in [6, 6.07) is 2.68. The Hall–Kier alpha value is -1.47. The molecule has 19 heavy (non-hydrogen) atoms. The Kier molecular flexibility index (Phi) is 5.02. The van der Waals surface area contributed by atoms with Crippen LogP contribution in [0.2, 0.25) is 0 Å². The summed E-state index contributed by atoms with van der Waals surface area (Å²) < 4.78 is 22.0. The summed E-state index contributed by atoms with van der Waals surface area (Å²) in [6.07, 6.45) is 1.22. The molecular formula is C12H19N3O3S. The smallest absolute Gasteiger partial charge is 0.241 e. The standard InChI is InChI=1S/C12H19N3O3S/c1-8-4-5-11(9(2)14-8)15-12(16)10(13)6-7-19(3,17)18/h4-5,10H,6-7,13H2,1-3H3,(H,15,16). The molecule has 0 aliphatic rings. The average molecular weight is 285 g/mol. The van der Waals surface area contributed by atoms with Gasteiger partial charge >= 0.3 is 0 Å². The largest absolute Gasteiger partial charge is 0.323 e. The van der Waals surface area contributed by atoms with Crippen LogP contribution in [0.25, 0.3) is 0 Å². The van der Waals surface area contributed by atoms with Gasteiger partial charge in [-0.25, -0.2) is 8.42 Å². The Morgan fingerprint density at radius 2 is 2.05 bits per heavy atom. The maximum atomic E-state index is 11.8. The number of carbonyl (C=O) groups excluding carboxylic acids is 1. The zero-order valence-corrected chi connectivity index (χ0v) is 12.1. The first-order chi connectivity index (χ1) is 8.69. The van der Waals surface area contributed by atoms with Gasteiger partial charge < -0.3 is 11.1 Å². The highest BCUT2D eigenvalue weighted by molar-refractivity contribution is 7.90. The molecule has 0 aliphatic carbocycles. The number of amides is 1. The van der Waals surface area contributed by atoms with Crippen molar-refractivity contribution in [2.45, 2.75) is 26.3 Å². The molecule has 106 valence electrons. The van der Waals surface area contributed by atoms with Gasteiger partial charge in [-0.05, 0) is 32.4 Å². The molecule has 0 saturated heterocycles. The summed E-state index contributed by atoms with van der Waals surface area (Å²) in [6.45, 7) is 3.64. The lowest BCUT2D eigenvalue weighted by molar-refractivity contribution is -0.117. The number of hydrogen-bond donors (Lipinski definition) is 2. The molecule has 0 radical (unpaired) electrons. The van der Waals surface area contributed by atoms with Crippen molar-refractivity contribution in [3.8, 4) is 0 Å². The maximum Gasteiger partial charge on any atom is 0.241 e. The summed E-state index contributed by atoms with van der Waals surface area (Å²) in [7, 11) is -3.11. The fourth-order valence-electron chi connectivity index (χ4n) is 1.52. The number of aryl methyl sites for hydroxylation is 2. The second kappa shape index (κ2) is 6.12. The lowest BCUT2D eigenvalue weighted by Gasteiger charge is -2.13. The Balaban J connectivity index is 2.64. The fraction of sp³-hybridized carbons (Fsp3) is 0.500. The van der Waals surface area contributed by atoms with Crippen molar-refractivity contribution in [1.82, 2.24) is 4.98 Å². The molecule has 7 heteroatoms. The zero-order valence-electron chi connectivity index (χ0n) is 11.3. The summed E-state index contributed by atoms with van der Waals surface area (Å²) in [5, 5.41) is 2.65. The van der Waals surface area contributed by atoms with Crippen molar-refractivity contribution >= 4 is 21.4 Å². The van der Waals surface area contributed by atoms with E-state index in [0.717, 1.165) is 11.9 Å². The summed E-state index contributed by atoms with van der Waals surface area (Å²) in [4.78, 5) is 16.0. The number of pyridine rings is 1. The van der Waals surface area contributed by atoms with E-state index in [1.165, 1.54) is 0 Å². The van der Waals surface area contributed by atoms with E-state index in [2.05, 4.69) is 10.3 Å². The van der Waals surface area contributed by atoms with E-state index in [0.29, 0.717) is 11.4 Å². The molecule has 3 N–H and O–H groups in total. The lowest BCUT2D eigenvalue weighted by Crippen LogP contribution is -2.37. The molecule has 6 nitrogen and oxygen atoms in total. The van der Waals surface area contributed by atoms with Crippen LogP contribution in [0.3, 0.4) is 0 Å². The zero-order chi connectivity index (χ0) is 14.6. The first-order valence-corrected chi connectivity index (χ1v) is 7.93. The third-order valence-electron chi connectivity index (χ3n) is 2.62. The number of carbonyl (C=O) groups is 1. The second-order valence-corrected chi connectivity index (χ2v) is 6.86. The van der Waals surface area contributed by atoms with E-state index in [1.807, 2.05) is 6.92 Å². The molecule has 0 aliphatic heterocycles. The molecule has 1 unspecified atom stereocenters. The molecule has 0 saturated carbocycles. The van der Waals surface area contributed by atoms with Crippen molar-refractivity contribution in [3.05, 3.63) is 23.5 Å². The number of sulfone groups is 1. The summed E-state index contributed by atoms with van der Waals surface area (Å²) >= 11 is 0. The van der Waals surface area contributed by atoms with Gasteiger partial charge in [-0.1, -0.05) is 0 Å². The molecule has 0 aromatic carbocycles. The van der Waals surface area contributed by atoms with Gasteiger partial charge in [0.25, 0.3) is 0 Å². The predicted octanol–water partition coefficient (Wildman–Crippen LogP) is 0.399. The van der Waals surface area contributed by atoms with Gasteiger partial charge in [-0.2, -0.15) is 0 Å². The molecule has 1 rings (SSSR count). The van der Waals surface area contributed by atoms with Crippen molar-refractivity contribution in [2.75, 3.05) is 17.3 Å².